The number of hydrogen-bond donors (Lipinski definition) is 0. The van der Waals surface area contributed by atoms with Crippen molar-refractivity contribution >= 4 is 0 Å². The Labute approximate surface area is 162 Å². The zero-order chi connectivity index (χ0) is 19.0. The topological polar surface area (TPSA) is 40.2 Å². The molecule has 0 amide bonds. The van der Waals surface area contributed by atoms with Crippen LogP contribution in [0.1, 0.15) is 24.5 Å². The standard InChI is InChI=1S/C22H31NO4/c1-15-6-8-18(26-14-25-12-11-24-4)20-19(15)22-9-10-23(3)13-17(22)7-5-16(2)21(22)27-20/h5-8,16-17,21H,9-14H2,1-4H3/t16-,17?,21-,22-/m0/s1. The fourth-order valence-corrected chi connectivity index (χ4v) is 5.19. The highest BCUT2D eigenvalue weighted by molar-refractivity contribution is 5.59. The first kappa shape index (κ1) is 18.8. The van der Waals surface area contributed by atoms with Crippen LogP contribution in [0.15, 0.2) is 24.3 Å². The van der Waals surface area contributed by atoms with E-state index in [0.29, 0.717) is 25.0 Å². The fourth-order valence-electron chi connectivity index (χ4n) is 5.19. The van der Waals surface area contributed by atoms with E-state index < -0.39 is 0 Å². The quantitative estimate of drug-likeness (QED) is 0.435. The number of fused-ring (bicyclic) bond motifs is 1. The van der Waals surface area contributed by atoms with Crippen molar-refractivity contribution in [1.29, 1.82) is 0 Å². The van der Waals surface area contributed by atoms with Gasteiger partial charge in [0.2, 0.25) is 0 Å². The summed E-state index contributed by atoms with van der Waals surface area (Å²) in [5.41, 5.74) is 2.71. The molecule has 0 saturated carbocycles. The van der Waals surface area contributed by atoms with E-state index in [2.05, 4.69) is 44.0 Å². The molecule has 27 heavy (non-hydrogen) atoms. The Hall–Kier alpha value is -1.56. The van der Waals surface area contributed by atoms with Crippen molar-refractivity contribution < 1.29 is 18.9 Å². The number of likely N-dealkylation sites (tertiary alicyclic amines) is 1. The molecule has 4 atom stereocenters. The smallest absolute Gasteiger partial charge is 0.189 e. The first-order valence-corrected chi connectivity index (χ1v) is 9.95. The highest BCUT2D eigenvalue weighted by Crippen LogP contribution is 2.59. The van der Waals surface area contributed by atoms with Crippen LogP contribution in [0.5, 0.6) is 11.5 Å². The molecule has 5 heteroatoms. The number of ether oxygens (including phenoxy) is 4. The van der Waals surface area contributed by atoms with Gasteiger partial charge in [-0.3, -0.25) is 0 Å². The Kier molecular flexibility index (Phi) is 5.19. The average Bonchev–Trinajstić information content (AvgIpc) is 3.01. The lowest BCUT2D eigenvalue weighted by molar-refractivity contribution is -0.0114. The molecular weight excluding hydrogens is 342 g/mol. The molecule has 1 aliphatic carbocycles. The first-order valence-electron chi connectivity index (χ1n) is 9.95. The van der Waals surface area contributed by atoms with Gasteiger partial charge in [-0.05, 0) is 38.6 Å². The van der Waals surface area contributed by atoms with Crippen molar-refractivity contribution in [1.82, 2.24) is 4.90 Å². The van der Waals surface area contributed by atoms with Crippen LogP contribution in [-0.2, 0) is 14.9 Å². The third kappa shape index (κ3) is 3.06. The van der Waals surface area contributed by atoms with Gasteiger partial charge in [-0.25, -0.2) is 0 Å². The summed E-state index contributed by atoms with van der Waals surface area (Å²) in [7, 11) is 3.88. The predicted molar refractivity (Wildman–Crippen MR) is 105 cm³/mol. The second-order valence-electron chi connectivity index (χ2n) is 8.19. The maximum atomic E-state index is 6.63. The first-order chi connectivity index (χ1) is 13.1. The molecule has 148 valence electrons. The molecule has 0 N–H and O–H groups in total. The third-order valence-electron chi connectivity index (χ3n) is 6.48. The third-order valence-corrected chi connectivity index (χ3v) is 6.48. The minimum Gasteiger partial charge on any atom is -0.485 e. The lowest BCUT2D eigenvalue weighted by atomic mass is 9.58. The summed E-state index contributed by atoms with van der Waals surface area (Å²) in [6.45, 7) is 7.94. The lowest BCUT2D eigenvalue weighted by Gasteiger charge is -2.50. The SMILES string of the molecule is COCCOCOc1ccc(C)c2c1O[C@H]1[C@@H](C)C=CC3CN(C)CC[C@@]231. The Morgan fingerprint density at radius 2 is 2.11 bits per heavy atom. The van der Waals surface area contributed by atoms with Gasteiger partial charge in [0.05, 0.1) is 13.2 Å². The van der Waals surface area contributed by atoms with Gasteiger partial charge >= 0.3 is 0 Å². The van der Waals surface area contributed by atoms with Crippen LogP contribution in [0.25, 0.3) is 0 Å². The molecule has 1 spiro atoms. The van der Waals surface area contributed by atoms with E-state index >= 15 is 0 Å². The van der Waals surface area contributed by atoms with Gasteiger partial charge in [0.25, 0.3) is 0 Å². The van der Waals surface area contributed by atoms with Crippen LogP contribution < -0.4 is 9.47 Å². The lowest BCUT2D eigenvalue weighted by Crippen LogP contribution is -2.56. The molecule has 0 bridgehead atoms. The van der Waals surface area contributed by atoms with E-state index in [9.17, 15) is 0 Å². The van der Waals surface area contributed by atoms with E-state index in [1.807, 2.05) is 6.07 Å². The van der Waals surface area contributed by atoms with Crippen LogP contribution in [0.2, 0.25) is 0 Å². The number of methoxy groups -OCH3 is 1. The second kappa shape index (κ2) is 7.46. The molecule has 2 aliphatic heterocycles. The summed E-state index contributed by atoms with van der Waals surface area (Å²) >= 11 is 0. The molecule has 1 aromatic carbocycles. The van der Waals surface area contributed by atoms with E-state index in [1.165, 1.54) is 11.1 Å². The van der Waals surface area contributed by atoms with Crippen molar-refractivity contribution in [3.63, 3.8) is 0 Å². The van der Waals surface area contributed by atoms with Crippen LogP contribution >= 0.6 is 0 Å². The van der Waals surface area contributed by atoms with Crippen LogP contribution in [0.3, 0.4) is 0 Å². The zero-order valence-corrected chi connectivity index (χ0v) is 16.9. The van der Waals surface area contributed by atoms with E-state index in [4.69, 9.17) is 18.9 Å². The Morgan fingerprint density at radius 3 is 2.93 bits per heavy atom. The summed E-state index contributed by atoms with van der Waals surface area (Å²) in [5, 5.41) is 0. The summed E-state index contributed by atoms with van der Waals surface area (Å²) in [5.74, 6) is 2.59. The summed E-state index contributed by atoms with van der Waals surface area (Å²) in [6, 6.07) is 4.19. The molecule has 0 aromatic heterocycles. The van der Waals surface area contributed by atoms with E-state index in [0.717, 1.165) is 31.0 Å². The highest BCUT2D eigenvalue weighted by atomic mass is 16.7. The molecule has 1 aromatic rings. The van der Waals surface area contributed by atoms with Gasteiger partial charge in [-0.1, -0.05) is 25.1 Å². The average molecular weight is 373 g/mol. The molecular formula is C22H31NO4. The summed E-state index contributed by atoms with van der Waals surface area (Å²) in [4.78, 5) is 2.44. The fraction of sp³-hybridized carbons (Fsp3) is 0.636. The van der Waals surface area contributed by atoms with Crippen LogP contribution in [0, 0.1) is 18.8 Å². The summed E-state index contributed by atoms with van der Waals surface area (Å²) in [6.07, 6.45) is 6.06. The Balaban J connectivity index is 1.67. The molecule has 1 saturated heterocycles. The molecule has 2 heterocycles. The number of nitrogens with zero attached hydrogens (tertiary/aromatic N) is 1. The second-order valence-corrected chi connectivity index (χ2v) is 8.19. The summed E-state index contributed by atoms with van der Waals surface area (Å²) < 4.78 is 23.1. The van der Waals surface area contributed by atoms with E-state index in [1.54, 1.807) is 7.11 Å². The maximum absolute atomic E-state index is 6.63. The van der Waals surface area contributed by atoms with Gasteiger partial charge in [-0.15, -0.1) is 0 Å². The number of benzene rings is 1. The van der Waals surface area contributed by atoms with Crippen molar-refractivity contribution in [3.05, 3.63) is 35.4 Å². The largest absolute Gasteiger partial charge is 0.485 e. The number of rotatable bonds is 6. The minimum atomic E-state index is 0.0520. The Morgan fingerprint density at radius 1 is 1.26 bits per heavy atom. The molecule has 1 fully saturated rings. The van der Waals surface area contributed by atoms with Crippen molar-refractivity contribution in [2.24, 2.45) is 11.8 Å². The Bertz CT molecular complexity index is 719. The van der Waals surface area contributed by atoms with Gasteiger partial charge in [0, 0.05) is 36.5 Å². The van der Waals surface area contributed by atoms with Crippen molar-refractivity contribution in [2.45, 2.75) is 31.8 Å². The van der Waals surface area contributed by atoms with Crippen molar-refractivity contribution in [3.8, 4) is 11.5 Å². The molecule has 0 radical (unpaired) electrons. The van der Waals surface area contributed by atoms with Gasteiger partial charge in [-0.2, -0.15) is 0 Å². The number of aryl methyl sites for hydroxylation is 1. The van der Waals surface area contributed by atoms with E-state index in [-0.39, 0.29) is 18.3 Å². The normalized spacial score (nSPS) is 31.8. The van der Waals surface area contributed by atoms with Gasteiger partial charge in [0.15, 0.2) is 18.3 Å². The van der Waals surface area contributed by atoms with Gasteiger partial charge < -0.3 is 23.8 Å². The van der Waals surface area contributed by atoms with Crippen LogP contribution in [0.4, 0.5) is 0 Å². The van der Waals surface area contributed by atoms with Crippen LogP contribution in [-0.4, -0.2) is 58.3 Å². The zero-order valence-electron chi connectivity index (χ0n) is 16.9. The number of hydrogen-bond acceptors (Lipinski definition) is 5. The highest BCUT2D eigenvalue weighted by Gasteiger charge is 2.58. The molecule has 5 nitrogen and oxygen atoms in total. The predicted octanol–water partition coefficient (Wildman–Crippen LogP) is 3.15. The molecule has 3 aliphatic rings. The van der Waals surface area contributed by atoms with Crippen molar-refractivity contribution in [2.75, 3.05) is 47.3 Å². The molecule has 1 unspecified atom stereocenters. The maximum Gasteiger partial charge on any atom is 0.189 e. The monoisotopic (exact) mass is 373 g/mol. The number of piperidine rings is 1. The van der Waals surface area contributed by atoms with Gasteiger partial charge in [0.1, 0.15) is 6.10 Å². The minimum absolute atomic E-state index is 0.0520. The molecule has 4 rings (SSSR count).